The van der Waals surface area contributed by atoms with Crippen molar-refractivity contribution in [3.8, 4) is 0 Å². The Morgan fingerprint density at radius 3 is 2.75 bits per heavy atom. The zero-order valence-corrected chi connectivity index (χ0v) is 11.0. The van der Waals surface area contributed by atoms with Crippen molar-refractivity contribution in [3.63, 3.8) is 0 Å². The van der Waals surface area contributed by atoms with Crippen molar-refractivity contribution in [3.05, 3.63) is 71.2 Å². The van der Waals surface area contributed by atoms with E-state index in [2.05, 4.69) is 0 Å². The first-order chi connectivity index (χ1) is 9.63. The minimum Gasteiger partial charge on any atom is -0.453 e. The van der Waals surface area contributed by atoms with E-state index in [1.807, 2.05) is 31.2 Å². The number of aryl methyl sites for hydroxylation is 1. The Morgan fingerprint density at radius 2 is 1.95 bits per heavy atom. The van der Waals surface area contributed by atoms with Gasteiger partial charge in [-0.2, -0.15) is 0 Å². The first-order valence-electron chi connectivity index (χ1n) is 6.40. The van der Waals surface area contributed by atoms with Crippen molar-refractivity contribution in [1.29, 1.82) is 0 Å². The minimum atomic E-state index is -0.331. The van der Waals surface area contributed by atoms with E-state index in [1.165, 1.54) is 12.1 Å². The van der Waals surface area contributed by atoms with Crippen molar-refractivity contribution < 1.29 is 13.6 Å². The summed E-state index contributed by atoms with van der Waals surface area (Å²) in [5.74, 6) is -0.159. The van der Waals surface area contributed by atoms with Gasteiger partial charge in [-0.25, -0.2) is 4.39 Å². The van der Waals surface area contributed by atoms with E-state index >= 15 is 0 Å². The van der Waals surface area contributed by atoms with E-state index in [0.717, 1.165) is 10.9 Å². The molecule has 1 heterocycles. The third kappa shape index (κ3) is 2.35. The minimum absolute atomic E-state index is 0.142. The molecule has 0 fully saturated rings. The SMILES string of the molecule is Cc1ccc(F)cc1CC(=O)c1cc2ccccc2o1. The summed E-state index contributed by atoms with van der Waals surface area (Å²) in [4.78, 5) is 12.2. The van der Waals surface area contributed by atoms with Crippen molar-refractivity contribution in [1.82, 2.24) is 0 Å². The van der Waals surface area contributed by atoms with Crippen LogP contribution in [0.15, 0.2) is 52.9 Å². The number of rotatable bonds is 3. The van der Waals surface area contributed by atoms with Gasteiger partial charge >= 0.3 is 0 Å². The number of hydrogen-bond donors (Lipinski definition) is 0. The zero-order chi connectivity index (χ0) is 14.1. The summed E-state index contributed by atoms with van der Waals surface area (Å²) in [5, 5.41) is 0.895. The molecule has 0 aliphatic heterocycles. The van der Waals surface area contributed by atoms with Gasteiger partial charge < -0.3 is 4.42 Å². The maximum Gasteiger partial charge on any atom is 0.202 e. The molecule has 20 heavy (non-hydrogen) atoms. The third-order valence-corrected chi connectivity index (χ3v) is 3.36. The number of halogens is 1. The average Bonchev–Trinajstić information content (AvgIpc) is 2.87. The number of hydrogen-bond acceptors (Lipinski definition) is 2. The molecule has 1 aromatic heterocycles. The van der Waals surface area contributed by atoms with Crippen LogP contribution < -0.4 is 0 Å². The highest BCUT2D eigenvalue weighted by atomic mass is 19.1. The Labute approximate surface area is 115 Å². The van der Waals surface area contributed by atoms with Crippen LogP contribution >= 0.6 is 0 Å². The summed E-state index contributed by atoms with van der Waals surface area (Å²) in [6.07, 6.45) is 0.142. The molecular formula is C17H13FO2. The molecule has 0 N–H and O–H groups in total. The van der Waals surface area contributed by atoms with Crippen molar-refractivity contribution in [2.45, 2.75) is 13.3 Å². The molecule has 0 unspecified atom stereocenters. The van der Waals surface area contributed by atoms with Crippen LogP contribution in [0.2, 0.25) is 0 Å². The third-order valence-electron chi connectivity index (χ3n) is 3.36. The Kier molecular flexibility index (Phi) is 3.11. The highest BCUT2D eigenvalue weighted by Gasteiger charge is 2.14. The molecular weight excluding hydrogens is 255 g/mol. The van der Waals surface area contributed by atoms with Gasteiger partial charge in [0.25, 0.3) is 0 Å². The second-order valence-corrected chi connectivity index (χ2v) is 4.82. The largest absolute Gasteiger partial charge is 0.453 e. The van der Waals surface area contributed by atoms with Crippen molar-refractivity contribution >= 4 is 16.8 Å². The number of Topliss-reactive ketones (excluding diaryl/α,β-unsaturated/α-hetero) is 1. The number of fused-ring (bicyclic) bond motifs is 1. The summed E-state index contributed by atoms with van der Waals surface area (Å²) in [6, 6.07) is 13.7. The molecule has 0 amide bonds. The van der Waals surface area contributed by atoms with E-state index in [9.17, 15) is 9.18 Å². The number of carbonyl (C=O) groups is 1. The molecule has 0 saturated heterocycles. The number of furan rings is 1. The van der Waals surface area contributed by atoms with Gasteiger partial charge in [0.05, 0.1) is 0 Å². The summed E-state index contributed by atoms with van der Waals surface area (Å²) < 4.78 is 18.8. The first-order valence-corrected chi connectivity index (χ1v) is 6.40. The van der Waals surface area contributed by atoms with Gasteiger partial charge in [-0.3, -0.25) is 4.79 Å². The van der Waals surface area contributed by atoms with E-state index in [-0.39, 0.29) is 18.0 Å². The molecule has 0 radical (unpaired) electrons. The van der Waals surface area contributed by atoms with Crippen LogP contribution in [0.3, 0.4) is 0 Å². The lowest BCUT2D eigenvalue weighted by Gasteiger charge is -2.03. The summed E-state index contributed by atoms with van der Waals surface area (Å²) in [6.45, 7) is 1.86. The molecule has 100 valence electrons. The highest BCUT2D eigenvalue weighted by molar-refractivity contribution is 5.98. The molecule has 0 saturated carbocycles. The molecule has 0 aliphatic rings. The van der Waals surface area contributed by atoms with Crippen LogP contribution in [0.1, 0.15) is 21.7 Å². The van der Waals surface area contributed by atoms with Gasteiger partial charge in [-0.1, -0.05) is 24.3 Å². The number of ketones is 1. The molecule has 2 nitrogen and oxygen atoms in total. The first kappa shape index (κ1) is 12.6. The summed E-state index contributed by atoms with van der Waals surface area (Å²) in [5.41, 5.74) is 2.28. The topological polar surface area (TPSA) is 30.2 Å². The fraction of sp³-hybridized carbons (Fsp3) is 0.118. The smallest absolute Gasteiger partial charge is 0.202 e. The van der Waals surface area contributed by atoms with Gasteiger partial charge in [0.2, 0.25) is 5.78 Å². The van der Waals surface area contributed by atoms with Crippen LogP contribution in [0.4, 0.5) is 4.39 Å². The Morgan fingerprint density at radius 1 is 1.15 bits per heavy atom. The van der Waals surface area contributed by atoms with Crippen LogP contribution in [-0.2, 0) is 6.42 Å². The molecule has 0 aliphatic carbocycles. The van der Waals surface area contributed by atoms with E-state index in [4.69, 9.17) is 4.42 Å². The molecule has 2 aromatic carbocycles. The van der Waals surface area contributed by atoms with Crippen LogP contribution in [0.5, 0.6) is 0 Å². The molecule has 0 spiro atoms. The van der Waals surface area contributed by atoms with E-state index in [1.54, 1.807) is 12.1 Å². The molecule has 0 atom stereocenters. The number of benzene rings is 2. The van der Waals surface area contributed by atoms with Crippen LogP contribution in [-0.4, -0.2) is 5.78 Å². The quantitative estimate of drug-likeness (QED) is 0.663. The Bertz CT molecular complexity index is 754. The van der Waals surface area contributed by atoms with E-state index < -0.39 is 0 Å². The predicted molar refractivity (Wildman–Crippen MR) is 75.4 cm³/mol. The predicted octanol–water partition coefficient (Wildman–Crippen LogP) is 4.31. The van der Waals surface area contributed by atoms with Gasteiger partial charge in [-0.05, 0) is 42.3 Å². The van der Waals surface area contributed by atoms with Gasteiger partial charge in [0.15, 0.2) is 5.76 Å². The monoisotopic (exact) mass is 268 g/mol. The highest BCUT2D eigenvalue weighted by Crippen LogP contribution is 2.21. The zero-order valence-electron chi connectivity index (χ0n) is 11.0. The normalized spacial score (nSPS) is 10.9. The number of carbonyl (C=O) groups excluding carboxylic acids is 1. The Balaban J connectivity index is 1.90. The lowest BCUT2D eigenvalue weighted by Crippen LogP contribution is -2.04. The average molecular weight is 268 g/mol. The van der Waals surface area contributed by atoms with E-state index in [0.29, 0.717) is 16.9 Å². The molecule has 0 bridgehead atoms. The van der Waals surface area contributed by atoms with Crippen molar-refractivity contribution in [2.75, 3.05) is 0 Å². The lowest BCUT2D eigenvalue weighted by atomic mass is 10.0. The Hall–Kier alpha value is -2.42. The maximum absolute atomic E-state index is 13.2. The maximum atomic E-state index is 13.2. The lowest BCUT2D eigenvalue weighted by molar-refractivity contribution is 0.0968. The van der Waals surface area contributed by atoms with Crippen LogP contribution in [0, 0.1) is 12.7 Å². The van der Waals surface area contributed by atoms with Gasteiger partial charge in [0, 0.05) is 11.8 Å². The second-order valence-electron chi connectivity index (χ2n) is 4.82. The van der Waals surface area contributed by atoms with Crippen molar-refractivity contribution in [2.24, 2.45) is 0 Å². The van der Waals surface area contributed by atoms with Gasteiger partial charge in [-0.15, -0.1) is 0 Å². The fourth-order valence-corrected chi connectivity index (χ4v) is 2.21. The molecule has 3 aromatic rings. The summed E-state index contributed by atoms with van der Waals surface area (Å²) in [7, 11) is 0. The second kappa shape index (κ2) is 4.93. The van der Waals surface area contributed by atoms with Crippen LogP contribution in [0.25, 0.3) is 11.0 Å². The fourth-order valence-electron chi connectivity index (χ4n) is 2.21. The molecule has 3 heteroatoms. The standard InChI is InChI=1S/C17H13FO2/c1-11-6-7-14(18)8-13(11)9-15(19)17-10-12-4-2-3-5-16(12)20-17/h2-8,10H,9H2,1H3. The molecule has 3 rings (SSSR count). The number of para-hydroxylation sites is 1. The van der Waals surface area contributed by atoms with Gasteiger partial charge in [0.1, 0.15) is 11.4 Å². The summed E-state index contributed by atoms with van der Waals surface area (Å²) >= 11 is 0.